The first-order chi connectivity index (χ1) is 17.4. The lowest BCUT2D eigenvalue weighted by Gasteiger charge is -2.31. The number of nitrogens with one attached hydrogen (secondary N) is 1. The minimum Gasteiger partial charge on any atom is -0.493 e. The molecule has 0 radical (unpaired) electrons. The predicted octanol–water partition coefficient (Wildman–Crippen LogP) is 3.88. The van der Waals surface area contributed by atoms with E-state index >= 15 is 0 Å². The van der Waals surface area contributed by atoms with Crippen molar-refractivity contribution in [3.8, 4) is 34.3 Å². The molecule has 0 aliphatic carbocycles. The summed E-state index contributed by atoms with van der Waals surface area (Å²) in [7, 11) is 4.68. The predicted molar refractivity (Wildman–Crippen MR) is 137 cm³/mol. The number of likely N-dealkylation sites (tertiary alicyclic amines) is 1. The maximum atomic E-state index is 11.5. The summed E-state index contributed by atoms with van der Waals surface area (Å²) in [4.78, 5) is 22.3. The van der Waals surface area contributed by atoms with Gasteiger partial charge in [-0.25, -0.2) is 9.97 Å². The summed E-state index contributed by atoms with van der Waals surface area (Å²) in [6, 6.07) is 11.0. The lowest BCUT2D eigenvalue weighted by molar-refractivity contribution is -0.130. The SMILES string of the molecule is COc1cc(Nc2nccc(-c3ccc(OC4CCN(C(C)=O)CC4)c(N)c3)n2)cc(OC)c1OC. The lowest BCUT2D eigenvalue weighted by atomic mass is 10.1. The number of amides is 1. The molecule has 0 atom stereocenters. The third-order valence-electron chi connectivity index (χ3n) is 6.06. The van der Waals surface area contributed by atoms with Crippen LogP contribution in [0.5, 0.6) is 23.0 Å². The summed E-state index contributed by atoms with van der Waals surface area (Å²) < 4.78 is 22.3. The van der Waals surface area contributed by atoms with Crippen molar-refractivity contribution in [2.24, 2.45) is 0 Å². The lowest BCUT2D eigenvalue weighted by Crippen LogP contribution is -2.40. The second kappa shape index (κ2) is 11.0. The Hall–Kier alpha value is -4.21. The number of methoxy groups -OCH3 is 3. The summed E-state index contributed by atoms with van der Waals surface area (Å²) in [5, 5.41) is 3.18. The number of benzene rings is 2. The molecule has 190 valence electrons. The molecule has 0 bridgehead atoms. The molecule has 0 spiro atoms. The second-order valence-electron chi connectivity index (χ2n) is 8.38. The Morgan fingerprint density at radius 1 is 1.00 bits per heavy atom. The zero-order chi connectivity index (χ0) is 25.7. The van der Waals surface area contributed by atoms with Gasteiger partial charge in [-0.2, -0.15) is 0 Å². The van der Waals surface area contributed by atoms with Crippen molar-refractivity contribution in [2.75, 3.05) is 45.5 Å². The molecule has 3 aromatic rings. The van der Waals surface area contributed by atoms with Crippen molar-refractivity contribution in [3.05, 3.63) is 42.6 Å². The smallest absolute Gasteiger partial charge is 0.227 e. The Balaban J connectivity index is 1.48. The molecule has 36 heavy (non-hydrogen) atoms. The molecule has 2 heterocycles. The van der Waals surface area contributed by atoms with Crippen LogP contribution in [0.2, 0.25) is 0 Å². The van der Waals surface area contributed by atoms with Gasteiger partial charge in [0.2, 0.25) is 17.6 Å². The zero-order valence-electron chi connectivity index (χ0n) is 20.9. The third kappa shape index (κ3) is 5.54. The van der Waals surface area contributed by atoms with Gasteiger partial charge in [-0.15, -0.1) is 0 Å². The molecule has 10 nitrogen and oxygen atoms in total. The Morgan fingerprint density at radius 2 is 1.69 bits per heavy atom. The van der Waals surface area contributed by atoms with Crippen LogP contribution in [-0.4, -0.2) is 61.3 Å². The fourth-order valence-electron chi connectivity index (χ4n) is 4.15. The molecular weight excluding hydrogens is 462 g/mol. The van der Waals surface area contributed by atoms with E-state index in [1.165, 1.54) is 0 Å². The Morgan fingerprint density at radius 3 is 2.28 bits per heavy atom. The van der Waals surface area contributed by atoms with Crippen LogP contribution in [0.15, 0.2) is 42.6 Å². The van der Waals surface area contributed by atoms with E-state index in [9.17, 15) is 4.79 Å². The minimum absolute atomic E-state index is 0.0297. The average molecular weight is 494 g/mol. The van der Waals surface area contributed by atoms with Gasteiger partial charge in [0.05, 0.1) is 32.7 Å². The molecule has 1 saturated heterocycles. The normalized spacial score (nSPS) is 13.7. The van der Waals surface area contributed by atoms with Crippen LogP contribution in [0, 0.1) is 0 Å². The number of piperidine rings is 1. The molecule has 4 rings (SSSR count). The fourth-order valence-corrected chi connectivity index (χ4v) is 4.15. The maximum absolute atomic E-state index is 11.5. The van der Waals surface area contributed by atoms with Gasteiger partial charge in [0.1, 0.15) is 11.9 Å². The van der Waals surface area contributed by atoms with Gasteiger partial charge in [-0.1, -0.05) is 0 Å². The number of carbonyl (C=O) groups excluding carboxylic acids is 1. The standard InChI is InChI=1S/C26H31N5O5/c1-16(32)31-11-8-19(9-12-31)36-22-6-5-17(13-20(22)27)21-7-10-28-26(30-21)29-18-14-23(33-2)25(35-4)24(15-18)34-3/h5-7,10,13-15,19H,8-9,11-12,27H2,1-4H3,(H,28,29,30). The number of carbonyl (C=O) groups is 1. The third-order valence-corrected chi connectivity index (χ3v) is 6.06. The highest BCUT2D eigenvalue weighted by Gasteiger charge is 2.22. The van der Waals surface area contributed by atoms with Gasteiger partial charge in [-0.3, -0.25) is 4.79 Å². The van der Waals surface area contributed by atoms with Crippen LogP contribution in [0.25, 0.3) is 11.3 Å². The first-order valence-electron chi connectivity index (χ1n) is 11.6. The van der Waals surface area contributed by atoms with E-state index in [-0.39, 0.29) is 12.0 Å². The fraction of sp³-hybridized carbons (Fsp3) is 0.346. The van der Waals surface area contributed by atoms with Crippen LogP contribution in [0.4, 0.5) is 17.3 Å². The first-order valence-corrected chi connectivity index (χ1v) is 11.6. The number of anilines is 3. The molecular formula is C26H31N5O5. The number of rotatable bonds is 8. The summed E-state index contributed by atoms with van der Waals surface area (Å²) in [6.07, 6.45) is 3.26. The first kappa shape index (κ1) is 24.9. The van der Waals surface area contributed by atoms with Gasteiger partial charge in [-0.05, 0) is 24.3 Å². The Labute approximate surface area is 210 Å². The molecule has 1 aromatic heterocycles. The summed E-state index contributed by atoms with van der Waals surface area (Å²) >= 11 is 0. The largest absolute Gasteiger partial charge is 0.493 e. The highest BCUT2D eigenvalue weighted by molar-refractivity contribution is 5.73. The summed E-state index contributed by atoms with van der Waals surface area (Å²) in [5.41, 5.74) is 9.06. The van der Waals surface area contributed by atoms with Crippen LogP contribution < -0.4 is 30.0 Å². The van der Waals surface area contributed by atoms with Gasteiger partial charge < -0.3 is 34.9 Å². The molecule has 1 aliphatic heterocycles. The molecule has 1 amide bonds. The van der Waals surface area contributed by atoms with Crippen LogP contribution in [0.3, 0.4) is 0 Å². The van der Waals surface area contributed by atoms with E-state index in [1.807, 2.05) is 29.2 Å². The number of hydrogen-bond acceptors (Lipinski definition) is 9. The van der Waals surface area contributed by atoms with Crippen LogP contribution in [0.1, 0.15) is 19.8 Å². The number of aromatic nitrogens is 2. The quantitative estimate of drug-likeness (QED) is 0.450. The van der Waals surface area contributed by atoms with E-state index in [4.69, 9.17) is 24.7 Å². The molecule has 10 heteroatoms. The maximum Gasteiger partial charge on any atom is 0.227 e. The average Bonchev–Trinajstić information content (AvgIpc) is 2.89. The topological polar surface area (TPSA) is 121 Å². The van der Waals surface area contributed by atoms with Crippen molar-refractivity contribution < 1.29 is 23.7 Å². The number of hydrogen-bond donors (Lipinski definition) is 2. The zero-order valence-corrected chi connectivity index (χ0v) is 20.9. The second-order valence-corrected chi connectivity index (χ2v) is 8.38. The highest BCUT2D eigenvalue weighted by atomic mass is 16.5. The van der Waals surface area contributed by atoms with Gasteiger partial charge in [0.25, 0.3) is 0 Å². The van der Waals surface area contributed by atoms with Gasteiger partial charge in [0.15, 0.2) is 11.5 Å². The highest BCUT2D eigenvalue weighted by Crippen LogP contribution is 2.40. The van der Waals surface area contributed by atoms with E-state index in [2.05, 4.69) is 15.3 Å². The van der Waals surface area contributed by atoms with Crippen molar-refractivity contribution in [1.29, 1.82) is 0 Å². The van der Waals surface area contributed by atoms with Crippen LogP contribution >= 0.6 is 0 Å². The van der Waals surface area contributed by atoms with E-state index in [0.717, 1.165) is 18.4 Å². The van der Waals surface area contributed by atoms with E-state index < -0.39 is 0 Å². The number of nitrogens with two attached hydrogens (primary N) is 1. The van der Waals surface area contributed by atoms with Crippen molar-refractivity contribution in [2.45, 2.75) is 25.9 Å². The van der Waals surface area contributed by atoms with Crippen molar-refractivity contribution >= 4 is 23.2 Å². The molecule has 2 aromatic carbocycles. The van der Waals surface area contributed by atoms with Gasteiger partial charge in [0, 0.05) is 62.4 Å². The van der Waals surface area contributed by atoms with Crippen LogP contribution in [-0.2, 0) is 4.79 Å². The summed E-state index contributed by atoms with van der Waals surface area (Å²) in [5.74, 6) is 2.67. The number of nitrogens with zero attached hydrogens (tertiary/aromatic N) is 3. The Kier molecular flexibility index (Phi) is 7.62. The monoisotopic (exact) mass is 493 g/mol. The van der Waals surface area contributed by atoms with Crippen molar-refractivity contribution in [3.63, 3.8) is 0 Å². The van der Waals surface area contributed by atoms with Crippen molar-refractivity contribution in [1.82, 2.24) is 14.9 Å². The molecule has 1 fully saturated rings. The minimum atomic E-state index is 0.0297. The molecule has 0 unspecified atom stereocenters. The molecule has 3 N–H and O–H groups in total. The van der Waals surface area contributed by atoms with Gasteiger partial charge >= 0.3 is 0 Å². The Bertz CT molecular complexity index is 1200. The number of ether oxygens (including phenoxy) is 4. The summed E-state index contributed by atoms with van der Waals surface area (Å²) in [6.45, 7) is 2.98. The molecule has 0 saturated carbocycles. The molecule has 1 aliphatic rings. The van der Waals surface area contributed by atoms with E-state index in [0.29, 0.717) is 59.1 Å². The number of nitrogen functional groups attached to an aromatic ring is 1. The van der Waals surface area contributed by atoms with E-state index in [1.54, 1.807) is 46.6 Å².